The van der Waals surface area contributed by atoms with Gasteiger partial charge in [-0.1, -0.05) is 18.2 Å². The van der Waals surface area contributed by atoms with E-state index in [-0.39, 0.29) is 5.56 Å². The topological polar surface area (TPSA) is 47.4 Å². The van der Waals surface area contributed by atoms with Crippen molar-refractivity contribution < 1.29 is 4.74 Å². The molecule has 23 heavy (non-hydrogen) atoms. The van der Waals surface area contributed by atoms with Crippen molar-refractivity contribution in [1.82, 2.24) is 9.78 Å². The molecule has 0 N–H and O–H groups in total. The Labute approximate surface area is 144 Å². The van der Waals surface area contributed by atoms with Crippen LogP contribution >= 0.6 is 15.9 Å². The molecular weight excluding hydrogens is 358 g/mol. The molecule has 0 saturated carbocycles. The van der Waals surface area contributed by atoms with Gasteiger partial charge in [-0.25, -0.2) is 4.68 Å². The normalized spacial score (nSPS) is 15.7. The van der Waals surface area contributed by atoms with Gasteiger partial charge in [-0.15, -0.1) is 0 Å². The van der Waals surface area contributed by atoms with Gasteiger partial charge in [0.2, 0.25) is 0 Å². The molecule has 2 heterocycles. The minimum Gasteiger partial charge on any atom is -0.493 e. The third-order valence-corrected chi connectivity index (χ3v) is 4.99. The first-order chi connectivity index (χ1) is 11.1. The van der Waals surface area contributed by atoms with Crippen LogP contribution in [0.25, 0.3) is 0 Å². The van der Waals surface area contributed by atoms with E-state index < -0.39 is 0 Å². The monoisotopic (exact) mass is 377 g/mol. The number of para-hydroxylation sites is 1. The van der Waals surface area contributed by atoms with Crippen LogP contribution in [0.5, 0.6) is 5.75 Å². The van der Waals surface area contributed by atoms with Crippen LogP contribution in [0.4, 0.5) is 5.69 Å². The van der Waals surface area contributed by atoms with Crippen LogP contribution in [-0.2, 0) is 7.05 Å². The van der Waals surface area contributed by atoms with Crippen molar-refractivity contribution in [1.29, 1.82) is 0 Å². The molecule has 1 aromatic heterocycles. The van der Waals surface area contributed by atoms with Gasteiger partial charge in [0.25, 0.3) is 5.56 Å². The molecule has 0 spiro atoms. The predicted octanol–water partition coefficient (Wildman–Crippen LogP) is 2.84. The minimum absolute atomic E-state index is 0.1000. The molecule has 6 heteroatoms. The number of ether oxygens (including phenoxy) is 1. The summed E-state index contributed by atoms with van der Waals surface area (Å²) in [7, 11) is 1.66. The molecular formula is C17H20BrN3O2. The van der Waals surface area contributed by atoms with E-state index in [0.29, 0.717) is 10.4 Å². The zero-order valence-electron chi connectivity index (χ0n) is 13.1. The number of halogens is 1. The molecule has 0 amide bonds. The highest BCUT2D eigenvalue weighted by atomic mass is 79.9. The molecule has 1 aliphatic heterocycles. The van der Waals surface area contributed by atoms with Crippen LogP contribution in [0.15, 0.2) is 45.8 Å². The van der Waals surface area contributed by atoms with Crippen molar-refractivity contribution in [2.45, 2.75) is 12.8 Å². The zero-order valence-corrected chi connectivity index (χ0v) is 14.7. The van der Waals surface area contributed by atoms with Gasteiger partial charge in [-0.2, -0.15) is 5.10 Å². The van der Waals surface area contributed by atoms with Gasteiger partial charge in [-0.05, 0) is 46.8 Å². The first-order valence-electron chi connectivity index (χ1n) is 7.80. The lowest BCUT2D eigenvalue weighted by Gasteiger charge is -2.33. The van der Waals surface area contributed by atoms with E-state index >= 15 is 0 Å². The molecule has 0 radical (unpaired) electrons. The van der Waals surface area contributed by atoms with E-state index in [1.54, 1.807) is 13.2 Å². The fraction of sp³-hybridized carbons (Fsp3) is 0.412. The maximum Gasteiger partial charge on any atom is 0.282 e. The van der Waals surface area contributed by atoms with Crippen LogP contribution < -0.4 is 15.2 Å². The molecule has 0 atom stereocenters. The Morgan fingerprint density at radius 3 is 2.65 bits per heavy atom. The highest BCUT2D eigenvalue weighted by Gasteiger charge is 2.22. The first kappa shape index (κ1) is 16.1. The van der Waals surface area contributed by atoms with Gasteiger partial charge in [0, 0.05) is 20.1 Å². The van der Waals surface area contributed by atoms with Crippen LogP contribution in [0, 0.1) is 5.92 Å². The first-order valence-corrected chi connectivity index (χ1v) is 8.59. The van der Waals surface area contributed by atoms with E-state index in [2.05, 4.69) is 25.9 Å². The molecule has 5 nitrogen and oxygen atoms in total. The van der Waals surface area contributed by atoms with E-state index in [1.165, 1.54) is 4.68 Å². The zero-order chi connectivity index (χ0) is 16.2. The van der Waals surface area contributed by atoms with E-state index in [9.17, 15) is 4.79 Å². The summed E-state index contributed by atoms with van der Waals surface area (Å²) in [5, 5.41) is 4.12. The Morgan fingerprint density at radius 1 is 1.26 bits per heavy atom. The van der Waals surface area contributed by atoms with Crippen molar-refractivity contribution in [2.24, 2.45) is 13.0 Å². The standard InChI is InChI=1S/C17H20BrN3O2/c1-20-17(22)16(18)15(11-19-20)21-9-7-13(8-10-21)12-23-14-5-3-2-4-6-14/h2-6,11,13H,7-10,12H2,1H3. The van der Waals surface area contributed by atoms with Crippen LogP contribution in [0.2, 0.25) is 0 Å². The van der Waals surface area contributed by atoms with Crippen LogP contribution in [0.1, 0.15) is 12.8 Å². The number of anilines is 1. The second kappa shape index (κ2) is 7.17. The molecule has 2 aromatic rings. The summed E-state index contributed by atoms with van der Waals surface area (Å²) in [6, 6.07) is 9.92. The second-order valence-corrected chi connectivity index (χ2v) is 6.62. The van der Waals surface area contributed by atoms with Gasteiger partial charge in [-0.3, -0.25) is 4.79 Å². The summed E-state index contributed by atoms with van der Waals surface area (Å²) in [6.07, 6.45) is 3.86. The lowest BCUT2D eigenvalue weighted by molar-refractivity contribution is 0.223. The number of hydrogen-bond donors (Lipinski definition) is 0. The van der Waals surface area contributed by atoms with Crippen LogP contribution in [0.3, 0.4) is 0 Å². The minimum atomic E-state index is -0.1000. The fourth-order valence-corrected chi connectivity index (χ4v) is 3.40. The number of benzene rings is 1. The smallest absolute Gasteiger partial charge is 0.282 e. The van der Waals surface area contributed by atoms with Crippen molar-refractivity contribution in [3.63, 3.8) is 0 Å². The SMILES string of the molecule is Cn1ncc(N2CCC(COc3ccccc3)CC2)c(Br)c1=O. The predicted molar refractivity (Wildman–Crippen MR) is 94.1 cm³/mol. The van der Waals surface area contributed by atoms with Crippen LogP contribution in [-0.4, -0.2) is 29.5 Å². The highest BCUT2D eigenvalue weighted by molar-refractivity contribution is 9.10. The number of aromatic nitrogens is 2. The summed E-state index contributed by atoms with van der Waals surface area (Å²) in [5.41, 5.74) is 0.785. The van der Waals surface area contributed by atoms with Crippen molar-refractivity contribution in [3.8, 4) is 5.75 Å². The number of aryl methyl sites for hydroxylation is 1. The Kier molecular flexibility index (Phi) is 5.00. The Morgan fingerprint density at radius 2 is 1.96 bits per heavy atom. The molecule has 1 saturated heterocycles. The summed E-state index contributed by atoms with van der Waals surface area (Å²) in [4.78, 5) is 14.2. The average molecular weight is 378 g/mol. The molecule has 0 unspecified atom stereocenters. The summed E-state index contributed by atoms with van der Waals surface area (Å²) in [6.45, 7) is 2.57. The van der Waals surface area contributed by atoms with E-state index in [0.717, 1.165) is 44.0 Å². The molecule has 1 aromatic carbocycles. The quantitative estimate of drug-likeness (QED) is 0.821. The van der Waals surface area contributed by atoms with Gasteiger partial charge in [0.1, 0.15) is 10.2 Å². The van der Waals surface area contributed by atoms with Gasteiger partial charge < -0.3 is 9.64 Å². The largest absolute Gasteiger partial charge is 0.493 e. The molecule has 0 aliphatic carbocycles. The van der Waals surface area contributed by atoms with Crippen molar-refractivity contribution in [3.05, 3.63) is 51.4 Å². The third kappa shape index (κ3) is 3.75. The maximum absolute atomic E-state index is 12.0. The van der Waals surface area contributed by atoms with Gasteiger partial charge >= 0.3 is 0 Å². The van der Waals surface area contributed by atoms with E-state index in [4.69, 9.17) is 4.74 Å². The molecule has 1 fully saturated rings. The number of hydrogen-bond acceptors (Lipinski definition) is 4. The number of rotatable bonds is 4. The summed E-state index contributed by atoms with van der Waals surface area (Å²) < 4.78 is 7.78. The second-order valence-electron chi connectivity index (χ2n) is 5.83. The lowest BCUT2D eigenvalue weighted by atomic mass is 9.97. The fourth-order valence-electron chi connectivity index (χ4n) is 2.79. The Hall–Kier alpha value is -1.82. The maximum atomic E-state index is 12.0. The molecule has 122 valence electrons. The molecule has 1 aliphatic rings. The number of nitrogens with zero attached hydrogens (tertiary/aromatic N) is 3. The average Bonchev–Trinajstić information content (AvgIpc) is 2.60. The van der Waals surface area contributed by atoms with Gasteiger partial charge in [0.05, 0.1) is 18.5 Å². The lowest BCUT2D eigenvalue weighted by Crippen LogP contribution is -2.37. The van der Waals surface area contributed by atoms with Crippen molar-refractivity contribution >= 4 is 21.6 Å². The summed E-state index contributed by atoms with van der Waals surface area (Å²) in [5.74, 6) is 1.47. The third-order valence-electron chi connectivity index (χ3n) is 4.24. The molecule has 0 bridgehead atoms. The Balaban J connectivity index is 1.56. The molecule has 3 rings (SSSR count). The summed E-state index contributed by atoms with van der Waals surface area (Å²) >= 11 is 3.40. The highest BCUT2D eigenvalue weighted by Crippen LogP contribution is 2.27. The number of piperidine rings is 1. The van der Waals surface area contributed by atoms with E-state index in [1.807, 2.05) is 30.3 Å². The van der Waals surface area contributed by atoms with Gasteiger partial charge in [0.15, 0.2) is 0 Å². The van der Waals surface area contributed by atoms with Crippen molar-refractivity contribution in [2.75, 3.05) is 24.6 Å². The Bertz CT molecular complexity index is 710.